The van der Waals surface area contributed by atoms with Gasteiger partial charge in [-0.2, -0.15) is 0 Å². The minimum Gasteiger partial charge on any atom is -0.436 e. The van der Waals surface area contributed by atoms with E-state index < -0.39 is 11.6 Å². The molecule has 19 heavy (non-hydrogen) atoms. The molecule has 0 atom stereocenters. The van der Waals surface area contributed by atoms with Crippen LogP contribution < -0.4 is 5.73 Å². The van der Waals surface area contributed by atoms with Crippen LogP contribution in [-0.4, -0.2) is 4.98 Å². The summed E-state index contributed by atoms with van der Waals surface area (Å²) in [5, 5.41) is 0. The number of rotatable bonds is 1. The van der Waals surface area contributed by atoms with E-state index in [2.05, 4.69) is 20.9 Å². The van der Waals surface area contributed by atoms with Gasteiger partial charge in [0, 0.05) is 4.47 Å². The molecule has 1 aromatic heterocycles. The lowest BCUT2D eigenvalue weighted by molar-refractivity contribution is 0.560. The maximum Gasteiger partial charge on any atom is 0.233 e. The average molecular weight is 325 g/mol. The Morgan fingerprint density at radius 2 is 1.84 bits per heavy atom. The van der Waals surface area contributed by atoms with Crippen molar-refractivity contribution in [2.45, 2.75) is 0 Å². The number of nitrogens with two attached hydrogens (primary N) is 1. The van der Waals surface area contributed by atoms with Crippen LogP contribution in [0.4, 0.5) is 14.5 Å². The molecule has 0 fully saturated rings. The van der Waals surface area contributed by atoms with E-state index in [1.807, 2.05) is 0 Å². The molecule has 3 aromatic rings. The van der Waals surface area contributed by atoms with Gasteiger partial charge in [-0.1, -0.05) is 22.0 Å². The number of benzene rings is 2. The minimum absolute atomic E-state index is 0.129. The molecule has 6 heteroatoms. The highest BCUT2D eigenvalue weighted by molar-refractivity contribution is 9.10. The molecular weight excluding hydrogens is 318 g/mol. The molecule has 0 radical (unpaired) electrons. The maximum absolute atomic E-state index is 13.8. The fraction of sp³-hybridized carbons (Fsp3) is 0. The Hall–Kier alpha value is -1.95. The Kier molecular flexibility index (Phi) is 2.74. The lowest BCUT2D eigenvalue weighted by Crippen LogP contribution is -1.91. The number of nitrogen functional groups attached to an aromatic ring is 1. The quantitative estimate of drug-likeness (QED) is 0.685. The van der Waals surface area contributed by atoms with Crippen molar-refractivity contribution in [1.82, 2.24) is 4.98 Å². The lowest BCUT2D eigenvalue weighted by atomic mass is 10.2. The number of anilines is 1. The van der Waals surface area contributed by atoms with E-state index in [9.17, 15) is 8.78 Å². The van der Waals surface area contributed by atoms with Gasteiger partial charge in [-0.3, -0.25) is 0 Å². The molecule has 2 aromatic carbocycles. The van der Waals surface area contributed by atoms with Gasteiger partial charge in [0.1, 0.15) is 22.7 Å². The summed E-state index contributed by atoms with van der Waals surface area (Å²) >= 11 is 3.01. The Bertz CT molecular complexity index is 762. The van der Waals surface area contributed by atoms with Gasteiger partial charge in [-0.15, -0.1) is 0 Å². The highest BCUT2D eigenvalue weighted by Gasteiger charge is 2.19. The van der Waals surface area contributed by atoms with Gasteiger partial charge in [-0.05, 0) is 24.3 Å². The van der Waals surface area contributed by atoms with E-state index in [0.29, 0.717) is 21.3 Å². The number of hydrogen-bond donors (Lipinski definition) is 1. The fourth-order valence-corrected chi connectivity index (χ4v) is 2.23. The average Bonchev–Trinajstić information content (AvgIpc) is 2.72. The third-order valence-corrected chi connectivity index (χ3v) is 3.13. The molecule has 3 rings (SSSR count). The van der Waals surface area contributed by atoms with Crippen LogP contribution in [0.1, 0.15) is 0 Å². The van der Waals surface area contributed by atoms with Gasteiger partial charge < -0.3 is 10.2 Å². The van der Waals surface area contributed by atoms with Gasteiger partial charge in [0.25, 0.3) is 0 Å². The van der Waals surface area contributed by atoms with Crippen molar-refractivity contribution in [2.24, 2.45) is 0 Å². The second-order valence-electron chi connectivity index (χ2n) is 3.96. The van der Waals surface area contributed by atoms with Crippen LogP contribution in [0.25, 0.3) is 22.6 Å². The summed E-state index contributed by atoms with van der Waals surface area (Å²) < 4.78 is 33.3. The molecule has 0 saturated carbocycles. The number of nitrogens with zero attached hydrogens (tertiary/aromatic N) is 1. The predicted octanol–water partition coefficient (Wildman–Crippen LogP) is 4.12. The van der Waals surface area contributed by atoms with Crippen molar-refractivity contribution < 1.29 is 13.2 Å². The third kappa shape index (κ3) is 1.98. The smallest absolute Gasteiger partial charge is 0.233 e. The topological polar surface area (TPSA) is 52.0 Å². The van der Waals surface area contributed by atoms with Crippen LogP contribution in [-0.2, 0) is 0 Å². The maximum atomic E-state index is 13.8. The summed E-state index contributed by atoms with van der Waals surface area (Å²) in [5.41, 5.74) is 6.59. The molecule has 0 aliphatic heterocycles. The zero-order chi connectivity index (χ0) is 13.6. The molecule has 0 bridgehead atoms. The van der Waals surface area contributed by atoms with Crippen molar-refractivity contribution in [3.05, 3.63) is 46.4 Å². The van der Waals surface area contributed by atoms with E-state index in [4.69, 9.17) is 10.2 Å². The van der Waals surface area contributed by atoms with E-state index in [0.717, 1.165) is 12.1 Å². The first-order chi connectivity index (χ1) is 9.06. The van der Waals surface area contributed by atoms with E-state index in [-0.39, 0.29) is 11.5 Å². The summed E-state index contributed by atoms with van der Waals surface area (Å²) in [6.07, 6.45) is 0. The summed E-state index contributed by atoms with van der Waals surface area (Å²) in [5.74, 6) is -1.63. The van der Waals surface area contributed by atoms with Crippen molar-refractivity contribution >= 4 is 32.7 Å². The Labute approximate surface area is 115 Å². The van der Waals surface area contributed by atoms with Gasteiger partial charge in [-0.25, -0.2) is 13.8 Å². The third-order valence-electron chi connectivity index (χ3n) is 2.67. The molecule has 2 N–H and O–H groups in total. The molecule has 0 amide bonds. The number of aromatic nitrogens is 1. The lowest BCUT2D eigenvalue weighted by Gasteiger charge is -2.00. The zero-order valence-corrected chi connectivity index (χ0v) is 11.0. The zero-order valence-electron chi connectivity index (χ0n) is 9.45. The molecule has 0 aliphatic carbocycles. The van der Waals surface area contributed by atoms with Gasteiger partial charge in [0.15, 0.2) is 5.58 Å². The van der Waals surface area contributed by atoms with E-state index in [1.165, 1.54) is 0 Å². The molecule has 0 saturated heterocycles. The molecule has 0 unspecified atom stereocenters. The second-order valence-corrected chi connectivity index (χ2v) is 4.87. The highest BCUT2D eigenvalue weighted by Crippen LogP contribution is 2.32. The fourth-order valence-electron chi connectivity index (χ4n) is 1.82. The van der Waals surface area contributed by atoms with Gasteiger partial charge >= 0.3 is 0 Å². The van der Waals surface area contributed by atoms with Gasteiger partial charge in [0.2, 0.25) is 5.89 Å². The first-order valence-electron chi connectivity index (χ1n) is 5.36. The molecule has 0 aliphatic rings. The first-order valence-corrected chi connectivity index (χ1v) is 6.15. The monoisotopic (exact) mass is 324 g/mol. The van der Waals surface area contributed by atoms with Crippen molar-refractivity contribution in [3.8, 4) is 11.5 Å². The van der Waals surface area contributed by atoms with Crippen molar-refractivity contribution in [3.63, 3.8) is 0 Å². The number of fused-ring (bicyclic) bond motifs is 1. The standard InChI is InChI=1S/C13H7BrF2N2O/c14-6-4-7(15)11(8(16)5-6)13-18-12-9(17)2-1-3-10(12)19-13/h1-5H,17H2. The van der Waals surface area contributed by atoms with Crippen molar-refractivity contribution in [1.29, 1.82) is 0 Å². The number of para-hydroxylation sites is 1. The van der Waals surface area contributed by atoms with Crippen LogP contribution >= 0.6 is 15.9 Å². The van der Waals surface area contributed by atoms with Crippen molar-refractivity contribution in [2.75, 3.05) is 5.73 Å². The Balaban J connectivity index is 2.28. The first kappa shape index (κ1) is 12.1. The highest BCUT2D eigenvalue weighted by atomic mass is 79.9. The molecule has 1 heterocycles. The Morgan fingerprint density at radius 1 is 1.16 bits per heavy atom. The van der Waals surface area contributed by atoms with E-state index >= 15 is 0 Å². The van der Waals surface area contributed by atoms with Crippen LogP contribution in [0.5, 0.6) is 0 Å². The van der Waals surface area contributed by atoms with Crippen LogP contribution in [0, 0.1) is 11.6 Å². The van der Waals surface area contributed by atoms with Gasteiger partial charge in [0.05, 0.1) is 5.69 Å². The summed E-state index contributed by atoms with van der Waals surface area (Å²) in [4.78, 5) is 4.05. The summed E-state index contributed by atoms with van der Waals surface area (Å²) in [7, 11) is 0. The number of oxazole rings is 1. The molecular formula is C13H7BrF2N2O. The van der Waals surface area contributed by atoms with Crippen LogP contribution in [0.15, 0.2) is 39.2 Å². The van der Waals surface area contributed by atoms with Crippen LogP contribution in [0.3, 0.4) is 0 Å². The Morgan fingerprint density at radius 3 is 2.47 bits per heavy atom. The molecule has 3 nitrogen and oxygen atoms in total. The normalized spacial score (nSPS) is 11.1. The van der Waals surface area contributed by atoms with E-state index in [1.54, 1.807) is 18.2 Å². The largest absolute Gasteiger partial charge is 0.436 e. The summed E-state index contributed by atoms with van der Waals surface area (Å²) in [6.45, 7) is 0. The summed E-state index contributed by atoms with van der Waals surface area (Å²) in [6, 6.07) is 7.26. The SMILES string of the molecule is Nc1cccc2oc(-c3c(F)cc(Br)cc3F)nc12. The second kappa shape index (κ2) is 4.31. The number of halogens is 3. The minimum atomic E-state index is -0.753. The molecule has 0 spiro atoms. The molecule has 96 valence electrons. The van der Waals surface area contributed by atoms with Crippen LogP contribution in [0.2, 0.25) is 0 Å². The number of hydrogen-bond acceptors (Lipinski definition) is 3. The predicted molar refractivity (Wildman–Crippen MR) is 71.5 cm³/mol.